The zero-order valence-electron chi connectivity index (χ0n) is 62.6. The normalized spacial score (nSPS) is 12.7. The van der Waals surface area contributed by atoms with E-state index in [1.807, 2.05) is 65.2 Å². The number of anilines is 8. The standard InChI is InChI=1S/C17H18N2O5S.C17H20N2O5S.C15H19N5O3S.C13H12ClN5O2S2.C13H12ClNO5S/c20-17(21)12-10-14(18-25(22)23)16(24-13-6-2-1-3-7-13)15(11-12)19-8-4-5-9-19;1-2-3-9-18-14-10-12(17(20)21)11-15(19-25(22)23)16(14)24-13-7-5-4-6-8-13;1-10-4-3-5-12(8-10)19-13-6-7-17-9-14(13)24(22,23)20-15(21)18-11(2)16;14-11-6-8(3-4-9-2-1-5-22-9)10(13-15-18-19-16-13)7-12(11)17-23(20)21;14-11-6-8(3-4-9-2-1-5-20-9)10(13(16)17)7-12(11)15-21(18)19/h1-3,6-7,10-11,18H,4-5,8-9H2,(H,20,21)(H,22,23);4-8,10-11,18-19H,2-3,9H2,1H3,(H,20,21)(H,22,23);3-9,11H,16H2,1-2H3,(H,17,19)(H2,18,20,21);1-2,5-7,17H,3-4H2,(H,20,21)(H,15,16,18,19);1-2,5-7,15H,3-4H2,(H,16,17)(H,18,19)/p-4. The molecule has 4 aromatic heterocycles. The Morgan fingerprint density at radius 2 is 1.25 bits per heavy atom. The van der Waals surface area contributed by atoms with Crippen LogP contribution in [0.5, 0.6) is 23.0 Å². The highest BCUT2D eigenvalue weighted by Crippen LogP contribution is 2.43. The molecule has 1 aliphatic heterocycles. The maximum Gasteiger partial charge on any atom is 0.336 e. The molecule has 35 nitrogen and oxygen atoms in total. The van der Waals surface area contributed by atoms with E-state index >= 15 is 0 Å². The molecule has 5 heterocycles. The zero-order valence-corrected chi connectivity index (χ0v) is 69.0. The first-order valence-corrected chi connectivity index (χ1v) is 42.6. The molecule has 0 bridgehead atoms. The number of hydrogen-bond donors (Lipinski definition) is 13. The van der Waals surface area contributed by atoms with Gasteiger partial charge in [-0.1, -0.05) is 91.1 Å². The minimum absolute atomic E-state index is 0.00101. The number of urea groups is 1. The number of amides is 2. The Labute approximate surface area is 701 Å². The number of rotatable bonds is 32. The highest BCUT2D eigenvalue weighted by Gasteiger charge is 2.26. The number of H-pyrrole nitrogens is 1. The molecule has 43 heteroatoms. The number of carboxylic acid groups (broad SMARTS) is 3. The number of carbonyl (C=O) groups excluding carboxylic acids is 1. The van der Waals surface area contributed by atoms with Gasteiger partial charge in [-0.05, 0) is 189 Å². The van der Waals surface area contributed by atoms with Crippen molar-refractivity contribution in [2.75, 3.05) is 54.1 Å². The number of para-hydroxylation sites is 2. The van der Waals surface area contributed by atoms with Crippen molar-refractivity contribution in [3.8, 4) is 34.4 Å². The molecule has 0 spiro atoms. The number of halogens is 2. The largest absolute Gasteiger partial charge is 0.755 e. The summed E-state index contributed by atoms with van der Waals surface area (Å²) in [6.07, 6.45) is 9.78. The first-order valence-electron chi connectivity index (χ1n) is 35.2. The number of nitrogens with zero attached hydrogens (tertiary/aromatic N) is 5. The van der Waals surface area contributed by atoms with Crippen LogP contribution in [-0.2, 0) is 80.8 Å². The number of hydrogen-bond acceptors (Lipinski definition) is 26. The lowest BCUT2D eigenvalue weighted by molar-refractivity contribution is 0.0685. The van der Waals surface area contributed by atoms with Crippen LogP contribution in [-0.4, -0.2) is 134 Å². The third kappa shape index (κ3) is 29.3. The van der Waals surface area contributed by atoms with E-state index in [2.05, 4.69) is 66.5 Å². The molecule has 5 unspecified atom stereocenters. The number of nitrogens with one attached hydrogen (secondary N) is 9. The molecule has 0 saturated carbocycles. The van der Waals surface area contributed by atoms with Gasteiger partial charge in [0.05, 0.1) is 79.0 Å². The summed E-state index contributed by atoms with van der Waals surface area (Å²) < 4.78 is 140. The van der Waals surface area contributed by atoms with Gasteiger partial charge in [-0.25, -0.2) is 32.3 Å². The zero-order chi connectivity index (χ0) is 85.4. The number of aromatic amines is 1. The number of nitrogens with two attached hydrogens (primary N) is 1. The van der Waals surface area contributed by atoms with Crippen molar-refractivity contribution in [2.24, 2.45) is 5.73 Å². The van der Waals surface area contributed by atoms with Gasteiger partial charge in [-0.2, -0.15) is 5.21 Å². The summed E-state index contributed by atoms with van der Waals surface area (Å²) in [4.78, 5) is 52.6. The van der Waals surface area contributed by atoms with Crippen molar-refractivity contribution in [1.29, 1.82) is 0 Å². The lowest BCUT2D eigenvalue weighted by Crippen LogP contribution is -2.46. The van der Waals surface area contributed by atoms with E-state index in [1.165, 1.54) is 72.9 Å². The van der Waals surface area contributed by atoms with Crippen LogP contribution in [0.2, 0.25) is 10.0 Å². The van der Waals surface area contributed by atoms with Crippen molar-refractivity contribution in [2.45, 2.75) is 83.2 Å². The molecule has 7 aromatic carbocycles. The quantitative estimate of drug-likeness (QED) is 0.0106. The molecule has 11 aromatic rings. The van der Waals surface area contributed by atoms with Crippen LogP contribution in [0, 0.1) is 6.92 Å². The fourth-order valence-corrected chi connectivity index (χ4v) is 14.7. The second-order valence-corrected chi connectivity index (χ2v) is 31.1. The third-order valence-electron chi connectivity index (χ3n) is 16.2. The number of carbonyl (C=O) groups is 4. The van der Waals surface area contributed by atoms with Crippen molar-refractivity contribution in [3.05, 3.63) is 242 Å². The van der Waals surface area contributed by atoms with Gasteiger partial charge < -0.3 is 92.9 Å². The van der Waals surface area contributed by atoms with Gasteiger partial charge in [0.15, 0.2) is 11.5 Å². The molecule has 1 aliphatic rings. The van der Waals surface area contributed by atoms with Gasteiger partial charge in [-0.3, -0.25) is 21.8 Å². The molecule has 14 N–H and O–H groups in total. The molecule has 118 heavy (non-hydrogen) atoms. The molecule has 1 saturated heterocycles. The number of aromatic nitrogens is 5. The van der Waals surface area contributed by atoms with Crippen LogP contribution in [0.4, 0.5) is 50.3 Å². The number of furan rings is 1. The second kappa shape index (κ2) is 45.9. The predicted octanol–water partition coefficient (Wildman–Crippen LogP) is 13.2. The predicted molar refractivity (Wildman–Crippen MR) is 447 cm³/mol. The van der Waals surface area contributed by atoms with Crippen LogP contribution >= 0.6 is 34.5 Å². The van der Waals surface area contributed by atoms with Crippen LogP contribution < -0.4 is 59.7 Å². The molecule has 0 aliphatic carbocycles. The number of ether oxygens (including phenoxy) is 2. The van der Waals surface area contributed by atoms with Crippen molar-refractivity contribution < 1.29 is 91.9 Å². The van der Waals surface area contributed by atoms with E-state index in [-0.39, 0.29) is 55.1 Å². The van der Waals surface area contributed by atoms with Gasteiger partial charge in [0, 0.05) is 99.6 Å². The summed E-state index contributed by atoms with van der Waals surface area (Å²) in [5.74, 6) is -0.780. The molecule has 5 atom stereocenters. The average Bonchev–Trinajstić information content (AvgIpc) is 1.34. The number of unbranched alkanes of at least 4 members (excludes halogenated alkanes) is 1. The second-order valence-electron chi connectivity index (χ2n) is 24.9. The van der Waals surface area contributed by atoms with Gasteiger partial charge >= 0.3 is 23.9 Å². The highest BCUT2D eigenvalue weighted by atomic mass is 35.5. The Kier molecular flexibility index (Phi) is 35.8. The summed E-state index contributed by atoms with van der Waals surface area (Å²) in [5, 5.41) is 52.6. The Hall–Kier alpha value is -11.5. The molecular formula is C75H77Cl2N15O20S6-4. The number of tetrazole rings is 1. The molecule has 12 rings (SSSR count). The molecule has 626 valence electrons. The van der Waals surface area contributed by atoms with E-state index in [0.29, 0.717) is 75.7 Å². The molecule has 2 amide bonds. The smallest absolute Gasteiger partial charge is 0.336 e. The van der Waals surface area contributed by atoms with Crippen LogP contribution in [0.1, 0.15) is 97.9 Å². The maximum atomic E-state index is 12.4. The summed E-state index contributed by atoms with van der Waals surface area (Å²) in [7, 11) is -4.11. The fraction of sp³-hybridized carbons (Fsp3) is 0.200. The lowest BCUT2D eigenvalue weighted by atomic mass is 10.0. The van der Waals surface area contributed by atoms with Crippen LogP contribution in [0.3, 0.4) is 0 Å². The number of aromatic carboxylic acids is 3. The number of aryl methyl sites for hydroxylation is 5. The summed E-state index contributed by atoms with van der Waals surface area (Å²) in [6.45, 7) is 7.59. The van der Waals surface area contributed by atoms with Gasteiger partial charge in [0.1, 0.15) is 22.2 Å². The van der Waals surface area contributed by atoms with Gasteiger partial charge in [0.2, 0.25) is 5.82 Å². The average molecular weight is 1770 g/mol. The van der Waals surface area contributed by atoms with Crippen LogP contribution in [0.25, 0.3) is 11.4 Å². The topological polar surface area (TPSA) is 548 Å². The van der Waals surface area contributed by atoms with Crippen molar-refractivity contribution >= 4 is 159 Å². The van der Waals surface area contributed by atoms with E-state index in [4.69, 9.17) is 42.8 Å². The Balaban J connectivity index is 0.000000184. The van der Waals surface area contributed by atoms with E-state index in [1.54, 1.807) is 90.2 Å². The number of thiophene rings is 1. The summed E-state index contributed by atoms with van der Waals surface area (Å²) in [6, 6.07) is 44.9. The number of pyridine rings is 1. The Morgan fingerprint density at radius 1 is 0.661 bits per heavy atom. The first kappa shape index (κ1) is 92.1. The minimum Gasteiger partial charge on any atom is -0.755 e. The summed E-state index contributed by atoms with van der Waals surface area (Å²) >= 11 is 3.54. The van der Waals surface area contributed by atoms with Gasteiger partial charge in [-0.15, -0.1) is 21.5 Å². The van der Waals surface area contributed by atoms with Gasteiger partial charge in [0.25, 0.3) is 10.0 Å². The summed E-state index contributed by atoms with van der Waals surface area (Å²) in [5.41, 5.74) is 10.9. The molecular weight excluding hydrogens is 1690 g/mol. The lowest BCUT2D eigenvalue weighted by Gasteiger charge is -2.24. The van der Waals surface area contributed by atoms with E-state index < -0.39 is 85.2 Å². The molecule has 0 radical (unpaired) electrons. The van der Waals surface area contributed by atoms with Crippen LogP contribution in [0.15, 0.2) is 197 Å². The highest BCUT2D eigenvalue weighted by molar-refractivity contribution is 7.90. The maximum absolute atomic E-state index is 12.4. The van der Waals surface area contributed by atoms with Crippen molar-refractivity contribution in [1.82, 2.24) is 35.6 Å². The minimum atomic E-state index is -4.11. The number of carboxylic acids is 3. The van der Waals surface area contributed by atoms with E-state index in [0.717, 1.165) is 74.2 Å². The monoisotopic (exact) mass is 1770 g/mol. The Morgan fingerprint density at radius 3 is 1.80 bits per heavy atom. The molecule has 1 fully saturated rings. The third-order valence-corrected chi connectivity index (χ3v) is 20.7. The van der Waals surface area contributed by atoms with Crippen molar-refractivity contribution in [3.63, 3.8) is 0 Å². The first-order chi connectivity index (χ1) is 56.4. The number of benzene rings is 7. The number of sulfonamides is 1. The van der Waals surface area contributed by atoms with E-state index in [9.17, 15) is 78.0 Å². The fourth-order valence-electron chi connectivity index (χ4n) is 11.1. The SMILES string of the molecule is CCCCNc1cc(C(=O)O)cc(NS(=O)[O-])c1Oc1ccccc1.Cc1cccc(Nc2ccncc2S(=O)(=O)NC(=O)NC(C)N)c1.O=C(O)c1cc(NS(=O)[O-])c(Cl)cc1CCc1ccco1.O=C(O)c1cc(NS(=O)[O-])c(Oc2ccccc2)c(N2CCCC2)c1.O=S([O-])Nc1cc(-c2nn[nH]n2)c(CCc2cccs2)cc1Cl. The Bertz CT molecular complexity index is 5400.